The zero-order chi connectivity index (χ0) is 14.7. The maximum absolute atomic E-state index is 12.1. The Morgan fingerprint density at radius 2 is 2.48 bits per heavy atom. The van der Waals surface area contributed by atoms with E-state index in [-0.39, 0.29) is 17.6 Å². The minimum Gasteiger partial charge on any atom is -0.378 e. The monoisotopic (exact) mass is 307 g/mol. The summed E-state index contributed by atoms with van der Waals surface area (Å²) >= 11 is 1.63. The summed E-state index contributed by atoms with van der Waals surface area (Å²) in [6.07, 6.45) is 5.67. The molecule has 1 aromatic heterocycles. The second kappa shape index (κ2) is 6.30. The van der Waals surface area contributed by atoms with Crippen LogP contribution in [0, 0.1) is 0 Å². The lowest BCUT2D eigenvalue weighted by Crippen LogP contribution is -2.67. The molecule has 2 aliphatic rings. The fraction of sp³-hybridized carbons (Fsp3) is 0.562. The SMILES string of the molecule is CCO[C@@H]1CCOC2(C1)CN(C(=O)/C=C/c1cccs1)C2. The molecule has 0 radical (unpaired) electrons. The predicted octanol–water partition coefficient (Wildman–Crippen LogP) is 2.56. The van der Waals surface area contributed by atoms with Gasteiger partial charge in [0.15, 0.2) is 0 Å². The van der Waals surface area contributed by atoms with Gasteiger partial charge in [0.05, 0.1) is 19.2 Å². The zero-order valence-corrected chi connectivity index (χ0v) is 13.1. The molecular formula is C16H21NO3S. The minimum atomic E-state index is -0.162. The molecule has 0 N–H and O–H groups in total. The van der Waals surface area contributed by atoms with Crippen LogP contribution >= 0.6 is 11.3 Å². The Labute approximate surface area is 129 Å². The molecule has 1 aromatic rings. The van der Waals surface area contributed by atoms with Crippen molar-refractivity contribution in [2.75, 3.05) is 26.3 Å². The van der Waals surface area contributed by atoms with Crippen LogP contribution in [-0.2, 0) is 14.3 Å². The Kier molecular flexibility index (Phi) is 4.42. The number of amides is 1. The Hall–Kier alpha value is -1.17. The van der Waals surface area contributed by atoms with Gasteiger partial charge in [-0.25, -0.2) is 0 Å². The number of hydrogen-bond acceptors (Lipinski definition) is 4. The molecule has 4 nitrogen and oxygen atoms in total. The fourth-order valence-electron chi connectivity index (χ4n) is 3.03. The standard InChI is InChI=1S/C16H21NO3S/c1-2-19-13-7-8-20-16(10-13)11-17(12-16)15(18)6-5-14-4-3-9-21-14/h3-6,9,13H,2,7-8,10-12H2,1H3/b6-5+/t13-/m1/s1. The molecule has 2 aliphatic heterocycles. The van der Waals surface area contributed by atoms with Crippen LogP contribution in [-0.4, -0.2) is 48.8 Å². The first kappa shape index (κ1) is 14.8. The summed E-state index contributed by atoms with van der Waals surface area (Å²) in [7, 11) is 0. The van der Waals surface area contributed by atoms with Crippen molar-refractivity contribution in [3.05, 3.63) is 28.5 Å². The molecule has 0 bridgehead atoms. The van der Waals surface area contributed by atoms with E-state index in [0.29, 0.717) is 13.1 Å². The molecule has 0 unspecified atom stereocenters. The van der Waals surface area contributed by atoms with Gasteiger partial charge >= 0.3 is 0 Å². The van der Waals surface area contributed by atoms with Crippen molar-refractivity contribution >= 4 is 23.3 Å². The maximum atomic E-state index is 12.1. The summed E-state index contributed by atoms with van der Waals surface area (Å²) in [6.45, 7) is 4.87. The zero-order valence-electron chi connectivity index (χ0n) is 12.3. The molecule has 0 aromatic carbocycles. The van der Waals surface area contributed by atoms with Crippen LogP contribution in [0.15, 0.2) is 23.6 Å². The van der Waals surface area contributed by atoms with Gasteiger partial charge in [-0.15, -0.1) is 11.3 Å². The molecule has 2 saturated heterocycles. The van der Waals surface area contributed by atoms with Gasteiger partial charge in [-0.05, 0) is 30.9 Å². The molecule has 3 rings (SSSR count). The van der Waals surface area contributed by atoms with Crippen molar-refractivity contribution in [1.82, 2.24) is 4.90 Å². The number of carbonyl (C=O) groups is 1. The maximum Gasteiger partial charge on any atom is 0.246 e. The van der Waals surface area contributed by atoms with E-state index in [1.807, 2.05) is 35.4 Å². The number of likely N-dealkylation sites (tertiary alicyclic amines) is 1. The fourth-order valence-corrected chi connectivity index (χ4v) is 3.65. The Balaban J connectivity index is 1.51. The summed E-state index contributed by atoms with van der Waals surface area (Å²) in [6, 6.07) is 3.99. The summed E-state index contributed by atoms with van der Waals surface area (Å²) in [5.74, 6) is 0.0659. The predicted molar refractivity (Wildman–Crippen MR) is 83.3 cm³/mol. The van der Waals surface area contributed by atoms with Gasteiger partial charge in [0.1, 0.15) is 5.60 Å². The Bertz CT molecular complexity index is 504. The van der Waals surface area contributed by atoms with Crippen LogP contribution in [0.2, 0.25) is 0 Å². The number of nitrogens with zero attached hydrogens (tertiary/aromatic N) is 1. The number of carbonyl (C=O) groups excluding carboxylic acids is 1. The molecule has 0 aliphatic carbocycles. The average Bonchev–Trinajstić information content (AvgIpc) is 2.96. The van der Waals surface area contributed by atoms with Crippen molar-refractivity contribution in [2.45, 2.75) is 31.5 Å². The van der Waals surface area contributed by atoms with Crippen LogP contribution in [0.5, 0.6) is 0 Å². The molecule has 114 valence electrons. The molecular weight excluding hydrogens is 286 g/mol. The van der Waals surface area contributed by atoms with Crippen LogP contribution in [0.3, 0.4) is 0 Å². The van der Waals surface area contributed by atoms with Crippen molar-refractivity contribution < 1.29 is 14.3 Å². The van der Waals surface area contributed by atoms with E-state index in [4.69, 9.17) is 9.47 Å². The molecule has 0 saturated carbocycles. The van der Waals surface area contributed by atoms with E-state index in [1.54, 1.807) is 17.4 Å². The van der Waals surface area contributed by atoms with Gasteiger partial charge in [-0.3, -0.25) is 4.79 Å². The van der Waals surface area contributed by atoms with E-state index >= 15 is 0 Å². The van der Waals surface area contributed by atoms with Gasteiger partial charge in [-0.2, -0.15) is 0 Å². The van der Waals surface area contributed by atoms with Crippen LogP contribution in [0.25, 0.3) is 6.08 Å². The second-order valence-electron chi connectivity index (χ2n) is 5.64. The van der Waals surface area contributed by atoms with Crippen molar-refractivity contribution in [1.29, 1.82) is 0 Å². The summed E-state index contributed by atoms with van der Waals surface area (Å²) in [5, 5.41) is 2.01. The molecule has 1 amide bonds. The Morgan fingerprint density at radius 1 is 1.62 bits per heavy atom. The largest absolute Gasteiger partial charge is 0.378 e. The highest BCUT2D eigenvalue weighted by Crippen LogP contribution is 2.35. The highest BCUT2D eigenvalue weighted by molar-refractivity contribution is 7.10. The van der Waals surface area contributed by atoms with E-state index < -0.39 is 0 Å². The van der Waals surface area contributed by atoms with Gasteiger partial charge < -0.3 is 14.4 Å². The van der Waals surface area contributed by atoms with Gasteiger partial charge in [0.25, 0.3) is 0 Å². The molecule has 5 heteroatoms. The first-order chi connectivity index (χ1) is 10.2. The average molecular weight is 307 g/mol. The van der Waals surface area contributed by atoms with Gasteiger partial charge in [0.2, 0.25) is 5.91 Å². The van der Waals surface area contributed by atoms with E-state index in [9.17, 15) is 4.79 Å². The highest BCUT2D eigenvalue weighted by atomic mass is 32.1. The number of rotatable bonds is 4. The molecule has 21 heavy (non-hydrogen) atoms. The summed E-state index contributed by atoms with van der Waals surface area (Å²) < 4.78 is 11.6. The lowest BCUT2D eigenvalue weighted by molar-refractivity contribution is -0.198. The van der Waals surface area contributed by atoms with E-state index in [1.165, 1.54) is 0 Å². The smallest absolute Gasteiger partial charge is 0.246 e. The molecule has 2 fully saturated rings. The third-order valence-electron chi connectivity index (χ3n) is 4.05. The lowest BCUT2D eigenvalue weighted by atomic mass is 9.84. The quantitative estimate of drug-likeness (QED) is 0.803. The normalized spacial score (nSPS) is 24.4. The molecule has 1 atom stereocenters. The van der Waals surface area contributed by atoms with Crippen molar-refractivity contribution in [3.63, 3.8) is 0 Å². The Morgan fingerprint density at radius 3 is 3.19 bits per heavy atom. The third-order valence-corrected chi connectivity index (χ3v) is 4.89. The number of thiophene rings is 1. The van der Waals surface area contributed by atoms with Gasteiger partial charge in [0, 0.05) is 30.6 Å². The summed E-state index contributed by atoms with van der Waals surface area (Å²) in [5.41, 5.74) is -0.162. The molecule has 3 heterocycles. The highest BCUT2D eigenvalue weighted by Gasteiger charge is 2.49. The van der Waals surface area contributed by atoms with E-state index in [0.717, 1.165) is 30.9 Å². The second-order valence-corrected chi connectivity index (χ2v) is 6.62. The van der Waals surface area contributed by atoms with Crippen molar-refractivity contribution in [2.24, 2.45) is 0 Å². The third kappa shape index (κ3) is 3.36. The first-order valence-electron chi connectivity index (χ1n) is 7.47. The van der Waals surface area contributed by atoms with Crippen LogP contribution in [0.4, 0.5) is 0 Å². The summed E-state index contributed by atoms with van der Waals surface area (Å²) in [4.78, 5) is 15.1. The van der Waals surface area contributed by atoms with Crippen LogP contribution < -0.4 is 0 Å². The molecule has 1 spiro atoms. The van der Waals surface area contributed by atoms with Crippen molar-refractivity contribution in [3.8, 4) is 0 Å². The van der Waals surface area contributed by atoms with Crippen LogP contribution in [0.1, 0.15) is 24.6 Å². The lowest BCUT2D eigenvalue weighted by Gasteiger charge is -2.52. The first-order valence-corrected chi connectivity index (χ1v) is 8.35. The topological polar surface area (TPSA) is 38.8 Å². The number of hydrogen-bond donors (Lipinski definition) is 0. The minimum absolute atomic E-state index is 0.0659. The van der Waals surface area contributed by atoms with E-state index in [2.05, 4.69) is 0 Å². The van der Waals surface area contributed by atoms with Gasteiger partial charge in [-0.1, -0.05) is 6.07 Å². The number of ether oxygens (including phenoxy) is 2.